The molecule has 1 aliphatic heterocycles. The fourth-order valence-electron chi connectivity index (χ4n) is 3.47. The highest BCUT2D eigenvalue weighted by Gasteiger charge is 2.32. The van der Waals surface area contributed by atoms with Crippen LogP contribution in [0.3, 0.4) is 0 Å². The second-order valence-corrected chi connectivity index (χ2v) is 7.06. The van der Waals surface area contributed by atoms with Crippen molar-refractivity contribution in [1.29, 1.82) is 0 Å². The Bertz CT molecular complexity index is 478. The molecule has 0 aromatic heterocycles. The molecular formula is C17H25NO2. The van der Waals surface area contributed by atoms with E-state index in [0.29, 0.717) is 17.1 Å². The Kier molecular flexibility index (Phi) is 3.63. The van der Waals surface area contributed by atoms with Crippen molar-refractivity contribution in [3.05, 3.63) is 23.8 Å². The first-order valence-corrected chi connectivity index (χ1v) is 7.74. The maximum absolute atomic E-state index is 10.0. The average Bonchev–Trinajstić information content (AvgIpc) is 3.02. The Hall–Kier alpha value is -1.22. The molecule has 0 amide bonds. The summed E-state index contributed by atoms with van der Waals surface area (Å²) in [5.41, 5.74) is 1.65. The number of ether oxygens (including phenoxy) is 1. The second kappa shape index (κ2) is 5.28. The SMILES string of the molecule is CC1(C)CCC(Oc2cc(C3CCNC3)ccc2O)C1. The first-order chi connectivity index (χ1) is 9.53. The van der Waals surface area contributed by atoms with Crippen molar-refractivity contribution in [2.75, 3.05) is 13.1 Å². The lowest BCUT2D eigenvalue weighted by Crippen LogP contribution is -2.15. The minimum atomic E-state index is 0.243. The molecule has 0 spiro atoms. The number of phenolic OH excluding ortho intramolecular Hbond substituents is 1. The Morgan fingerprint density at radius 3 is 2.80 bits per heavy atom. The minimum Gasteiger partial charge on any atom is -0.504 e. The van der Waals surface area contributed by atoms with Gasteiger partial charge in [0.2, 0.25) is 0 Å². The van der Waals surface area contributed by atoms with Crippen LogP contribution >= 0.6 is 0 Å². The van der Waals surface area contributed by atoms with E-state index in [1.165, 1.54) is 18.4 Å². The first kappa shape index (κ1) is 13.7. The van der Waals surface area contributed by atoms with Crippen LogP contribution in [0, 0.1) is 5.41 Å². The van der Waals surface area contributed by atoms with Crippen molar-refractivity contribution in [3.63, 3.8) is 0 Å². The molecule has 2 fully saturated rings. The van der Waals surface area contributed by atoms with E-state index in [9.17, 15) is 5.11 Å². The summed E-state index contributed by atoms with van der Waals surface area (Å²) >= 11 is 0. The van der Waals surface area contributed by atoms with E-state index in [-0.39, 0.29) is 11.9 Å². The largest absolute Gasteiger partial charge is 0.504 e. The second-order valence-electron chi connectivity index (χ2n) is 7.06. The minimum absolute atomic E-state index is 0.243. The van der Waals surface area contributed by atoms with Gasteiger partial charge in [0, 0.05) is 6.54 Å². The molecule has 20 heavy (non-hydrogen) atoms. The molecule has 3 heteroatoms. The Morgan fingerprint density at radius 1 is 1.30 bits per heavy atom. The van der Waals surface area contributed by atoms with Crippen LogP contribution in [0.1, 0.15) is 51.0 Å². The van der Waals surface area contributed by atoms with Gasteiger partial charge in [0.25, 0.3) is 0 Å². The predicted molar refractivity (Wildman–Crippen MR) is 80.4 cm³/mol. The topological polar surface area (TPSA) is 41.5 Å². The maximum atomic E-state index is 10.0. The molecule has 1 aliphatic carbocycles. The molecule has 0 radical (unpaired) electrons. The van der Waals surface area contributed by atoms with Crippen molar-refractivity contribution in [1.82, 2.24) is 5.32 Å². The third-order valence-electron chi connectivity index (χ3n) is 4.73. The Labute approximate surface area is 121 Å². The highest BCUT2D eigenvalue weighted by molar-refractivity contribution is 5.43. The summed E-state index contributed by atoms with van der Waals surface area (Å²) in [6.45, 7) is 6.69. The fourth-order valence-corrected chi connectivity index (χ4v) is 3.47. The number of phenols is 1. The van der Waals surface area contributed by atoms with E-state index in [0.717, 1.165) is 25.9 Å². The van der Waals surface area contributed by atoms with Gasteiger partial charge in [-0.05, 0) is 61.3 Å². The zero-order chi connectivity index (χ0) is 14.2. The lowest BCUT2D eigenvalue weighted by molar-refractivity contribution is 0.186. The zero-order valence-corrected chi connectivity index (χ0v) is 12.5. The summed E-state index contributed by atoms with van der Waals surface area (Å²) in [5, 5.41) is 13.4. The molecule has 1 aromatic carbocycles. The van der Waals surface area contributed by atoms with Crippen LogP contribution in [0.5, 0.6) is 11.5 Å². The lowest BCUT2D eigenvalue weighted by atomic mass is 9.92. The molecule has 1 saturated heterocycles. The van der Waals surface area contributed by atoms with E-state index in [4.69, 9.17) is 4.74 Å². The smallest absolute Gasteiger partial charge is 0.161 e. The fraction of sp³-hybridized carbons (Fsp3) is 0.647. The predicted octanol–water partition coefficient (Wildman–Crippen LogP) is 3.43. The molecule has 2 N–H and O–H groups in total. The maximum Gasteiger partial charge on any atom is 0.161 e. The molecule has 1 aromatic rings. The number of nitrogens with one attached hydrogen (secondary N) is 1. The molecule has 1 saturated carbocycles. The molecule has 110 valence electrons. The van der Waals surface area contributed by atoms with Crippen LogP contribution in [-0.2, 0) is 0 Å². The van der Waals surface area contributed by atoms with E-state index in [2.05, 4.69) is 19.2 Å². The molecule has 2 atom stereocenters. The summed E-state index contributed by atoms with van der Waals surface area (Å²) < 4.78 is 6.07. The first-order valence-electron chi connectivity index (χ1n) is 7.74. The number of hydrogen-bond acceptors (Lipinski definition) is 3. The van der Waals surface area contributed by atoms with Crippen molar-refractivity contribution < 1.29 is 9.84 Å². The molecule has 1 heterocycles. The average molecular weight is 275 g/mol. The normalized spacial score (nSPS) is 28.7. The highest BCUT2D eigenvalue weighted by Crippen LogP contribution is 2.41. The number of rotatable bonds is 3. The summed E-state index contributed by atoms with van der Waals surface area (Å²) in [6.07, 6.45) is 4.77. The van der Waals surface area contributed by atoms with Gasteiger partial charge in [0.1, 0.15) is 0 Å². The number of hydrogen-bond donors (Lipinski definition) is 2. The van der Waals surface area contributed by atoms with Gasteiger partial charge in [-0.2, -0.15) is 0 Å². The van der Waals surface area contributed by atoms with Crippen molar-refractivity contribution in [2.45, 2.75) is 51.6 Å². The van der Waals surface area contributed by atoms with Gasteiger partial charge in [-0.25, -0.2) is 0 Å². The number of aromatic hydroxyl groups is 1. The van der Waals surface area contributed by atoms with Crippen molar-refractivity contribution in [3.8, 4) is 11.5 Å². The molecule has 2 aliphatic rings. The van der Waals surface area contributed by atoms with E-state index < -0.39 is 0 Å². The van der Waals surface area contributed by atoms with Crippen molar-refractivity contribution >= 4 is 0 Å². The number of benzene rings is 1. The molecular weight excluding hydrogens is 250 g/mol. The molecule has 2 unspecified atom stereocenters. The van der Waals surface area contributed by atoms with Crippen LogP contribution in [0.2, 0.25) is 0 Å². The summed E-state index contributed by atoms with van der Waals surface area (Å²) in [7, 11) is 0. The van der Waals surface area contributed by atoms with Gasteiger partial charge in [0.15, 0.2) is 11.5 Å². The van der Waals surface area contributed by atoms with Gasteiger partial charge >= 0.3 is 0 Å². The van der Waals surface area contributed by atoms with E-state index in [1.807, 2.05) is 12.1 Å². The Balaban J connectivity index is 1.73. The van der Waals surface area contributed by atoms with Crippen molar-refractivity contribution in [2.24, 2.45) is 5.41 Å². The molecule has 3 rings (SSSR count). The summed E-state index contributed by atoms with van der Waals surface area (Å²) in [4.78, 5) is 0. The van der Waals surface area contributed by atoms with Gasteiger partial charge in [0.05, 0.1) is 6.10 Å². The Morgan fingerprint density at radius 2 is 2.15 bits per heavy atom. The third kappa shape index (κ3) is 2.93. The van der Waals surface area contributed by atoms with Crippen LogP contribution in [-0.4, -0.2) is 24.3 Å². The lowest BCUT2D eigenvalue weighted by Gasteiger charge is -2.19. The van der Waals surface area contributed by atoms with Gasteiger partial charge in [-0.15, -0.1) is 0 Å². The monoisotopic (exact) mass is 275 g/mol. The van der Waals surface area contributed by atoms with Crippen LogP contribution in [0.15, 0.2) is 18.2 Å². The standard InChI is InChI=1S/C17H25NO2/c1-17(2)7-5-14(10-17)20-16-9-12(3-4-15(16)19)13-6-8-18-11-13/h3-4,9,13-14,18-19H,5-8,10-11H2,1-2H3. The van der Waals surface area contributed by atoms with Crippen LogP contribution in [0.25, 0.3) is 0 Å². The zero-order valence-electron chi connectivity index (χ0n) is 12.5. The van der Waals surface area contributed by atoms with E-state index >= 15 is 0 Å². The third-order valence-corrected chi connectivity index (χ3v) is 4.73. The molecule has 0 bridgehead atoms. The van der Waals surface area contributed by atoms with Gasteiger partial charge < -0.3 is 15.2 Å². The highest BCUT2D eigenvalue weighted by atomic mass is 16.5. The summed E-state index contributed by atoms with van der Waals surface area (Å²) in [6, 6.07) is 5.85. The van der Waals surface area contributed by atoms with Gasteiger partial charge in [-0.3, -0.25) is 0 Å². The van der Waals surface area contributed by atoms with Crippen LogP contribution in [0.4, 0.5) is 0 Å². The van der Waals surface area contributed by atoms with Gasteiger partial charge in [-0.1, -0.05) is 19.9 Å². The summed E-state index contributed by atoms with van der Waals surface area (Å²) in [5.74, 6) is 1.49. The van der Waals surface area contributed by atoms with Crippen LogP contribution < -0.4 is 10.1 Å². The quantitative estimate of drug-likeness (QED) is 0.888. The molecule has 3 nitrogen and oxygen atoms in total. The van der Waals surface area contributed by atoms with E-state index in [1.54, 1.807) is 6.07 Å².